The highest BCUT2D eigenvalue weighted by atomic mass is 32.1. The Hall–Kier alpha value is -0.340. The normalized spacial score (nSPS) is 28.4. The maximum Gasteiger partial charge on any atom is 0.00480 e. The summed E-state index contributed by atoms with van der Waals surface area (Å²) in [5.74, 6) is 2.73. The molecule has 1 saturated carbocycles. The lowest BCUT2D eigenvalue weighted by molar-refractivity contribution is 0.184. The summed E-state index contributed by atoms with van der Waals surface area (Å²) in [6.07, 6.45) is 6.84. The van der Waals surface area contributed by atoms with Crippen LogP contribution in [0.5, 0.6) is 0 Å². The first-order chi connectivity index (χ1) is 8.79. The quantitative estimate of drug-likeness (QED) is 0.754. The van der Waals surface area contributed by atoms with Gasteiger partial charge < -0.3 is 5.32 Å². The Balaban J connectivity index is 1.88. The van der Waals surface area contributed by atoms with Crippen LogP contribution in [0.4, 0.5) is 0 Å². The van der Waals surface area contributed by atoms with Crippen molar-refractivity contribution in [2.45, 2.75) is 46.0 Å². The Kier molecular flexibility index (Phi) is 5.71. The fourth-order valence-electron chi connectivity index (χ4n) is 3.23. The van der Waals surface area contributed by atoms with E-state index in [-0.39, 0.29) is 0 Å². The van der Waals surface area contributed by atoms with E-state index < -0.39 is 0 Å². The van der Waals surface area contributed by atoms with E-state index in [1.165, 1.54) is 45.2 Å². The van der Waals surface area contributed by atoms with Gasteiger partial charge in [-0.25, -0.2) is 0 Å². The Morgan fingerprint density at radius 1 is 1.33 bits per heavy atom. The molecule has 0 amide bonds. The molecule has 102 valence electrons. The summed E-state index contributed by atoms with van der Waals surface area (Å²) in [6.45, 7) is 7.09. The number of nitrogens with one attached hydrogen (secondary N) is 1. The van der Waals surface area contributed by atoms with Gasteiger partial charge in [0.05, 0.1) is 0 Å². The smallest absolute Gasteiger partial charge is 0.00480 e. The molecular formula is C16H27NS. The highest BCUT2D eigenvalue weighted by molar-refractivity contribution is 7.09. The average molecular weight is 265 g/mol. The summed E-state index contributed by atoms with van der Waals surface area (Å²) < 4.78 is 0. The van der Waals surface area contributed by atoms with Gasteiger partial charge in [0.2, 0.25) is 0 Å². The molecule has 0 spiro atoms. The van der Waals surface area contributed by atoms with Gasteiger partial charge >= 0.3 is 0 Å². The predicted molar refractivity (Wildman–Crippen MR) is 81.2 cm³/mol. The van der Waals surface area contributed by atoms with Crippen LogP contribution in [0.3, 0.4) is 0 Å². The van der Waals surface area contributed by atoms with Crippen molar-refractivity contribution in [1.29, 1.82) is 0 Å². The van der Waals surface area contributed by atoms with Gasteiger partial charge in [-0.15, -0.1) is 11.3 Å². The maximum atomic E-state index is 3.63. The first-order valence-electron chi connectivity index (χ1n) is 7.52. The van der Waals surface area contributed by atoms with Crippen LogP contribution < -0.4 is 5.32 Å². The van der Waals surface area contributed by atoms with Crippen molar-refractivity contribution in [2.24, 2.45) is 17.8 Å². The van der Waals surface area contributed by atoms with Crippen LogP contribution >= 0.6 is 11.3 Å². The lowest BCUT2D eigenvalue weighted by Crippen LogP contribution is -2.34. The second-order valence-electron chi connectivity index (χ2n) is 5.93. The first-order valence-corrected chi connectivity index (χ1v) is 8.40. The molecule has 0 aliphatic heterocycles. The zero-order chi connectivity index (χ0) is 12.8. The largest absolute Gasteiger partial charge is 0.316 e. The Bertz CT molecular complexity index is 320. The number of hydrogen-bond acceptors (Lipinski definition) is 2. The molecule has 1 aromatic heterocycles. The van der Waals surface area contributed by atoms with Crippen LogP contribution in [0.15, 0.2) is 17.5 Å². The summed E-state index contributed by atoms with van der Waals surface area (Å²) in [5, 5.41) is 5.85. The van der Waals surface area contributed by atoms with Gasteiger partial charge in [0.15, 0.2) is 0 Å². The molecule has 1 fully saturated rings. The fraction of sp³-hybridized carbons (Fsp3) is 0.750. The van der Waals surface area contributed by atoms with Crippen LogP contribution in [0.2, 0.25) is 0 Å². The van der Waals surface area contributed by atoms with E-state index in [4.69, 9.17) is 0 Å². The minimum absolute atomic E-state index is 0.898. The summed E-state index contributed by atoms with van der Waals surface area (Å²) in [6, 6.07) is 4.50. The van der Waals surface area contributed by atoms with Crippen LogP contribution in [0.1, 0.15) is 44.4 Å². The molecule has 1 aromatic rings. The zero-order valence-corrected chi connectivity index (χ0v) is 12.6. The second kappa shape index (κ2) is 7.30. The molecule has 2 rings (SSSR count). The molecule has 1 aliphatic rings. The minimum atomic E-state index is 0.898. The van der Waals surface area contributed by atoms with Crippen molar-refractivity contribution in [2.75, 3.05) is 13.1 Å². The van der Waals surface area contributed by atoms with Crippen molar-refractivity contribution in [3.63, 3.8) is 0 Å². The van der Waals surface area contributed by atoms with E-state index in [0.29, 0.717) is 0 Å². The zero-order valence-electron chi connectivity index (χ0n) is 11.8. The molecule has 1 aliphatic carbocycles. The highest BCUT2D eigenvalue weighted by Gasteiger charge is 2.28. The third kappa shape index (κ3) is 4.10. The van der Waals surface area contributed by atoms with E-state index in [9.17, 15) is 0 Å². The van der Waals surface area contributed by atoms with Crippen LogP contribution in [-0.2, 0) is 6.42 Å². The van der Waals surface area contributed by atoms with E-state index in [2.05, 4.69) is 36.7 Å². The average Bonchev–Trinajstić information content (AvgIpc) is 2.85. The predicted octanol–water partition coefficient (Wildman–Crippen LogP) is 4.34. The molecule has 2 heteroatoms. The fourth-order valence-corrected chi connectivity index (χ4v) is 4.03. The third-order valence-corrected chi connectivity index (χ3v) is 5.18. The van der Waals surface area contributed by atoms with Crippen LogP contribution in [-0.4, -0.2) is 13.1 Å². The number of hydrogen-bond donors (Lipinski definition) is 1. The topological polar surface area (TPSA) is 12.0 Å². The van der Waals surface area contributed by atoms with Crippen molar-refractivity contribution in [3.05, 3.63) is 22.4 Å². The molecule has 0 saturated heterocycles. The molecule has 0 radical (unpaired) electrons. The molecule has 1 N–H and O–H groups in total. The molecule has 1 heterocycles. The summed E-state index contributed by atoms with van der Waals surface area (Å²) in [5.41, 5.74) is 0. The summed E-state index contributed by atoms with van der Waals surface area (Å²) in [4.78, 5) is 1.58. The van der Waals surface area contributed by atoms with E-state index in [1.54, 1.807) is 4.88 Å². The van der Waals surface area contributed by atoms with Gasteiger partial charge in [-0.3, -0.25) is 0 Å². The Labute approximate surface area is 116 Å². The SMILES string of the molecule is CCCNCC1CCC(C)CC1Cc1cccs1. The highest BCUT2D eigenvalue weighted by Crippen LogP contribution is 2.36. The molecule has 18 heavy (non-hydrogen) atoms. The van der Waals surface area contributed by atoms with E-state index in [1.807, 2.05) is 11.3 Å². The minimum Gasteiger partial charge on any atom is -0.316 e. The molecular weight excluding hydrogens is 238 g/mol. The lowest BCUT2D eigenvalue weighted by Gasteiger charge is -2.35. The van der Waals surface area contributed by atoms with Crippen molar-refractivity contribution in [3.8, 4) is 0 Å². The molecule has 0 aromatic carbocycles. The van der Waals surface area contributed by atoms with E-state index in [0.717, 1.165) is 17.8 Å². The molecule has 3 unspecified atom stereocenters. The molecule has 1 nitrogen and oxygen atoms in total. The molecule has 0 bridgehead atoms. The van der Waals surface area contributed by atoms with Crippen molar-refractivity contribution >= 4 is 11.3 Å². The Morgan fingerprint density at radius 3 is 2.94 bits per heavy atom. The summed E-state index contributed by atoms with van der Waals surface area (Å²) in [7, 11) is 0. The monoisotopic (exact) mass is 265 g/mol. The maximum absolute atomic E-state index is 3.63. The van der Waals surface area contributed by atoms with Gasteiger partial charge in [-0.2, -0.15) is 0 Å². The third-order valence-electron chi connectivity index (χ3n) is 4.28. The standard InChI is InChI=1S/C16H27NS/c1-3-8-17-12-14-7-6-13(2)10-15(14)11-16-5-4-9-18-16/h4-5,9,13-15,17H,3,6-8,10-12H2,1-2H3. The van der Waals surface area contributed by atoms with Crippen molar-refractivity contribution in [1.82, 2.24) is 5.32 Å². The Morgan fingerprint density at radius 2 is 2.22 bits per heavy atom. The van der Waals surface area contributed by atoms with Gasteiger partial charge in [0, 0.05) is 4.88 Å². The van der Waals surface area contributed by atoms with Crippen LogP contribution in [0.25, 0.3) is 0 Å². The van der Waals surface area contributed by atoms with Crippen LogP contribution in [0, 0.1) is 17.8 Å². The second-order valence-corrected chi connectivity index (χ2v) is 6.96. The number of thiophene rings is 1. The molecule has 3 atom stereocenters. The van der Waals surface area contributed by atoms with Gasteiger partial charge in [0.1, 0.15) is 0 Å². The van der Waals surface area contributed by atoms with Gasteiger partial charge in [-0.1, -0.05) is 26.3 Å². The van der Waals surface area contributed by atoms with Gasteiger partial charge in [0.25, 0.3) is 0 Å². The number of rotatable bonds is 6. The first kappa shape index (κ1) is 14.1. The van der Waals surface area contributed by atoms with Gasteiger partial charge in [-0.05, 0) is 68.0 Å². The lowest BCUT2D eigenvalue weighted by atomic mass is 9.73. The summed E-state index contributed by atoms with van der Waals surface area (Å²) >= 11 is 1.93. The van der Waals surface area contributed by atoms with E-state index >= 15 is 0 Å². The van der Waals surface area contributed by atoms with Crippen molar-refractivity contribution < 1.29 is 0 Å².